The lowest BCUT2D eigenvalue weighted by Gasteiger charge is -2.41. The van der Waals surface area contributed by atoms with E-state index in [2.05, 4.69) is 4.99 Å². The number of nitrogens with zero attached hydrogens (tertiary/aromatic N) is 2. The molecule has 6 atom stereocenters. The van der Waals surface area contributed by atoms with Gasteiger partial charge >= 0.3 is 12.3 Å². The maximum Gasteiger partial charge on any atom is 0.417 e. The number of aliphatic hydroxyl groups is 1. The first kappa shape index (κ1) is 25.7. The third kappa shape index (κ3) is 6.17. The first-order chi connectivity index (χ1) is 15.3. The maximum atomic E-state index is 15.5. The van der Waals surface area contributed by atoms with Gasteiger partial charge in [0, 0.05) is 7.05 Å². The second kappa shape index (κ2) is 9.77. The summed E-state index contributed by atoms with van der Waals surface area (Å²) in [5.41, 5.74) is -1.36. The lowest BCUT2D eigenvalue weighted by molar-refractivity contribution is -0.273. The molecule has 1 N–H and O–H groups in total. The van der Waals surface area contributed by atoms with Crippen molar-refractivity contribution in [1.29, 1.82) is 0 Å². The minimum atomic E-state index is -5.05. The van der Waals surface area contributed by atoms with Gasteiger partial charge in [-0.2, -0.15) is 13.2 Å². The number of carbonyl (C=O) groups is 1. The topological polar surface area (TPSA) is 80.6 Å². The Bertz CT molecular complexity index is 864. The number of rotatable bonds is 4. The van der Waals surface area contributed by atoms with Crippen molar-refractivity contribution in [1.82, 2.24) is 4.90 Å². The highest BCUT2D eigenvalue weighted by Gasteiger charge is 2.58. The largest absolute Gasteiger partial charge is 0.443 e. The number of ether oxygens (including phenoxy) is 3. The van der Waals surface area contributed by atoms with E-state index in [9.17, 15) is 23.1 Å². The van der Waals surface area contributed by atoms with Crippen LogP contribution >= 0.6 is 11.8 Å². The van der Waals surface area contributed by atoms with E-state index in [1.807, 2.05) is 0 Å². The molecule has 184 valence electrons. The molecule has 1 fully saturated rings. The number of aliphatic hydroxyl groups excluding tert-OH is 1. The zero-order chi connectivity index (χ0) is 24.6. The number of benzene rings is 1. The van der Waals surface area contributed by atoms with Crippen LogP contribution in [0.1, 0.15) is 26.3 Å². The highest BCUT2D eigenvalue weighted by Crippen LogP contribution is 2.42. The van der Waals surface area contributed by atoms with Gasteiger partial charge in [0.1, 0.15) is 29.3 Å². The van der Waals surface area contributed by atoms with E-state index in [1.165, 1.54) is 7.05 Å². The van der Waals surface area contributed by atoms with E-state index in [4.69, 9.17) is 14.2 Å². The predicted molar refractivity (Wildman–Crippen MR) is 113 cm³/mol. The average Bonchev–Trinajstić information content (AvgIpc) is 3.15. The number of carbonyl (C=O) groups excluding carboxylic acids is 1. The Morgan fingerprint density at radius 1 is 1.27 bits per heavy atom. The van der Waals surface area contributed by atoms with Crippen molar-refractivity contribution in [3.63, 3.8) is 0 Å². The second-order valence-electron chi connectivity index (χ2n) is 8.72. The molecular formula is C21H26F4N2O5S. The molecule has 0 spiro atoms. The van der Waals surface area contributed by atoms with Crippen molar-refractivity contribution in [3.05, 3.63) is 35.9 Å². The van der Waals surface area contributed by atoms with E-state index in [1.54, 1.807) is 51.1 Å². The molecule has 2 aliphatic rings. The summed E-state index contributed by atoms with van der Waals surface area (Å²) in [5.74, 6) is 0. The Morgan fingerprint density at radius 2 is 1.91 bits per heavy atom. The molecule has 33 heavy (non-hydrogen) atoms. The van der Waals surface area contributed by atoms with Gasteiger partial charge in [-0.3, -0.25) is 9.89 Å². The summed E-state index contributed by atoms with van der Waals surface area (Å²) in [4.78, 5) is 17.5. The maximum absolute atomic E-state index is 15.5. The van der Waals surface area contributed by atoms with Gasteiger partial charge in [0.25, 0.3) is 0 Å². The highest BCUT2D eigenvalue weighted by molar-refractivity contribution is 8.14. The molecule has 0 aliphatic carbocycles. The molecule has 7 nitrogen and oxygen atoms in total. The average molecular weight is 495 g/mol. The number of hydrogen-bond acceptors (Lipinski definition) is 7. The summed E-state index contributed by atoms with van der Waals surface area (Å²) in [7, 11) is 1.36. The number of halogens is 4. The van der Waals surface area contributed by atoms with Crippen LogP contribution in [0.25, 0.3) is 0 Å². The summed E-state index contributed by atoms with van der Waals surface area (Å²) in [6.45, 7) is 4.82. The first-order valence-corrected chi connectivity index (χ1v) is 11.1. The van der Waals surface area contributed by atoms with Crippen LogP contribution in [0.2, 0.25) is 0 Å². The van der Waals surface area contributed by atoms with Crippen LogP contribution in [0.3, 0.4) is 0 Å². The number of amides is 1. The zero-order valence-electron chi connectivity index (χ0n) is 18.5. The van der Waals surface area contributed by atoms with Crippen molar-refractivity contribution < 1.29 is 41.7 Å². The second-order valence-corrected chi connectivity index (χ2v) is 9.79. The minimum Gasteiger partial charge on any atom is -0.443 e. The Morgan fingerprint density at radius 3 is 2.48 bits per heavy atom. The van der Waals surface area contributed by atoms with Crippen LogP contribution in [-0.4, -0.2) is 76.1 Å². The van der Waals surface area contributed by atoms with Gasteiger partial charge in [0.05, 0.1) is 6.61 Å². The van der Waals surface area contributed by atoms with Crippen LogP contribution in [0.5, 0.6) is 0 Å². The Labute approximate surface area is 193 Å². The fourth-order valence-electron chi connectivity index (χ4n) is 3.30. The van der Waals surface area contributed by atoms with Crippen LogP contribution < -0.4 is 0 Å². The molecule has 0 saturated carbocycles. The molecule has 0 radical (unpaired) electrons. The summed E-state index contributed by atoms with van der Waals surface area (Å²) < 4.78 is 71.6. The van der Waals surface area contributed by atoms with Crippen molar-refractivity contribution in [2.75, 3.05) is 7.05 Å². The van der Waals surface area contributed by atoms with Gasteiger partial charge in [0.15, 0.2) is 17.4 Å². The van der Waals surface area contributed by atoms with Gasteiger partial charge in [-0.05, 0) is 26.3 Å². The SMILES string of the molecule is CN(C(=O)OC(C)(C)C)C1=N[C@@H]2[C@H](F)[C@H](OCc3ccccc3)[C@@H]([C@H](O)C(F)(F)F)O[C@@H]2S1. The third-order valence-electron chi connectivity index (χ3n) is 4.90. The molecule has 0 bridgehead atoms. The summed E-state index contributed by atoms with van der Waals surface area (Å²) in [6, 6.07) is 7.28. The lowest BCUT2D eigenvalue weighted by Crippen LogP contribution is -2.60. The van der Waals surface area contributed by atoms with Gasteiger partial charge in [-0.15, -0.1) is 0 Å². The summed E-state index contributed by atoms with van der Waals surface area (Å²) >= 11 is 0.788. The molecule has 2 heterocycles. The normalized spacial score (nSPS) is 28.6. The lowest BCUT2D eigenvalue weighted by atomic mass is 9.95. The van der Waals surface area contributed by atoms with Crippen molar-refractivity contribution in [3.8, 4) is 0 Å². The van der Waals surface area contributed by atoms with Crippen molar-refractivity contribution >= 4 is 23.0 Å². The molecule has 2 aliphatic heterocycles. The quantitative estimate of drug-likeness (QED) is 0.640. The van der Waals surface area contributed by atoms with E-state index in [0.717, 1.165) is 16.7 Å². The zero-order valence-corrected chi connectivity index (χ0v) is 19.3. The smallest absolute Gasteiger partial charge is 0.417 e. The number of alkyl halides is 4. The first-order valence-electron chi connectivity index (χ1n) is 10.2. The molecule has 0 aromatic heterocycles. The van der Waals surface area contributed by atoms with Crippen LogP contribution in [0.15, 0.2) is 35.3 Å². The number of hydrogen-bond donors (Lipinski definition) is 1. The Kier molecular flexibility index (Phi) is 7.62. The fraction of sp³-hybridized carbons (Fsp3) is 0.619. The third-order valence-corrected chi connectivity index (χ3v) is 6.11. The molecule has 12 heteroatoms. The Balaban J connectivity index is 1.81. The van der Waals surface area contributed by atoms with E-state index >= 15 is 4.39 Å². The van der Waals surface area contributed by atoms with E-state index in [-0.39, 0.29) is 11.8 Å². The molecule has 1 saturated heterocycles. The van der Waals surface area contributed by atoms with Crippen LogP contribution in [0.4, 0.5) is 22.4 Å². The summed E-state index contributed by atoms with van der Waals surface area (Å²) in [6.07, 6.45) is -14.5. The van der Waals surface area contributed by atoms with Crippen LogP contribution in [0, 0.1) is 0 Å². The van der Waals surface area contributed by atoms with Crippen LogP contribution in [-0.2, 0) is 20.8 Å². The minimum absolute atomic E-state index is 0.0332. The molecule has 1 amide bonds. The van der Waals surface area contributed by atoms with Crippen molar-refractivity contribution in [2.24, 2.45) is 4.99 Å². The molecule has 0 unspecified atom stereocenters. The fourth-order valence-corrected chi connectivity index (χ4v) is 4.46. The van der Waals surface area contributed by atoms with Crippen molar-refractivity contribution in [2.45, 2.75) is 75.1 Å². The Hall–Kier alpha value is -1.89. The van der Waals surface area contributed by atoms with Gasteiger partial charge in [-0.1, -0.05) is 42.1 Å². The van der Waals surface area contributed by atoms with Gasteiger partial charge in [0.2, 0.25) is 0 Å². The van der Waals surface area contributed by atoms with Gasteiger partial charge < -0.3 is 19.3 Å². The number of fused-ring (bicyclic) bond motifs is 1. The predicted octanol–water partition coefficient (Wildman–Crippen LogP) is 3.90. The summed E-state index contributed by atoms with van der Waals surface area (Å²) in [5, 5.41) is 9.91. The monoisotopic (exact) mass is 494 g/mol. The highest BCUT2D eigenvalue weighted by atomic mass is 32.2. The number of aliphatic imine (C=N–C) groups is 1. The standard InChI is InChI=1S/C21H26F4N2O5S/c1-20(2,3)32-19(29)27(4)18-26-13-12(22)14(30-10-11-8-6-5-7-9-11)15(31-17(13)33-18)16(28)21(23,24)25/h5-9,12-17,28H,10H2,1-4H3/t12-,13+,14-,15-,16-,17+/m0/s1. The molecular weight excluding hydrogens is 468 g/mol. The number of thioether (sulfide) groups is 1. The molecule has 3 rings (SSSR count). The number of amidine groups is 1. The molecule has 1 aromatic rings. The van der Waals surface area contributed by atoms with Gasteiger partial charge in [-0.25, -0.2) is 9.18 Å². The molecule has 1 aromatic carbocycles. The van der Waals surface area contributed by atoms with E-state index in [0.29, 0.717) is 5.56 Å². The van der Waals surface area contributed by atoms with E-state index < -0.39 is 53.8 Å².